The van der Waals surface area contributed by atoms with Crippen molar-refractivity contribution in [3.05, 3.63) is 112 Å². The third-order valence-corrected chi connectivity index (χ3v) is 5.66. The van der Waals surface area contributed by atoms with E-state index in [1.165, 1.54) is 4.68 Å². The third-order valence-electron chi connectivity index (χ3n) is 5.66. The normalized spacial score (nSPS) is 12.0. The van der Waals surface area contributed by atoms with Crippen molar-refractivity contribution in [3.63, 3.8) is 0 Å². The lowest BCUT2D eigenvalue weighted by Gasteiger charge is -2.30. The largest absolute Gasteiger partial charge is 0.380 e. The number of amides is 1. The molecule has 0 aliphatic rings. The summed E-state index contributed by atoms with van der Waals surface area (Å²) in [6, 6.07) is 25.5. The number of aromatic nitrogens is 2. The van der Waals surface area contributed by atoms with Crippen molar-refractivity contribution < 1.29 is 9.90 Å². The van der Waals surface area contributed by atoms with Gasteiger partial charge in [0.05, 0.1) is 10.9 Å². The molecular formula is C27H27N3O3. The second kappa shape index (κ2) is 8.64. The number of hydrogen-bond donors (Lipinski definition) is 2. The van der Waals surface area contributed by atoms with Crippen LogP contribution in [0.4, 0.5) is 0 Å². The lowest BCUT2D eigenvalue weighted by molar-refractivity contribution is -0.124. The number of hydrogen-bond acceptors (Lipinski definition) is 4. The van der Waals surface area contributed by atoms with Gasteiger partial charge in [-0.15, -0.1) is 0 Å². The van der Waals surface area contributed by atoms with E-state index in [1.807, 2.05) is 60.7 Å². The van der Waals surface area contributed by atoms with Crippen LogP contribution in [0, 0.1) is 5.41 Å². The van der Waals surface area contributed by atoms with Crippen molar-refractivity contribution in [2.75, 3.05) is 5.43 Å². The second-order valence-corrected chi connectivity index (χ2v) is 9.15. The second-order valence-electron chi connectivity index (χ2n) is 9.15. The number of aliphatic hydroxyl groups is 1. The molecule has 33 heavy (non-hydrogen) atoms. The topological polar surface area (TPSA) is 84.2 Å². The van der Waals surface area contributed by atoms with Gasteiger partial charge in [0, 0.05) is 11.8 Å². The molecule has 4 aromatic rings. The van der Waals surface area contributed by atoms with Crippen LogP contribution in [0.1, 0.15) is 37.7 Å². The maximum Gasteiger partial charge on any atom is 0.280 e. The summed E-state index contributed by atoms with van der Waals surface area (Å²) in [5, 5.41) is 12.4. The van der Waals surface area contributed by atoms with Gasteiger partial charge in [0.1, 0.15) is 11.4 Å². The number of carbonyl (C=O) groups is 1. The molecule has 1 heterocycles. The highest BCUT2D eigenvalue weighted by Gasteiger charge is 2.34. The van der Waals surface area contributed by atoms with Gasteiger partial charge >= 0.3 is 0 Å². The van der Waals surface area contributed by atoms with Gasteiger partial charge in [-0.25, -0.2) is 9.66 Å². The number of nitrogens with one attached hydrogen (secondary N) is 1. The Morgan fingerprint density at radius 1 is 0.879 bits per heavy atom. The van der Waals surface area contributed by atoms with Crippen molar-refractivity contribution in [1.82, 2.24) is 9.66 Å². The Kier molecular flexibility index (Phi) is 5.87. The molecule has 6 heteroatoms. The first-order chi connectivity index (χ1) is 15.7. The van der Waals surface area contributed by atoms with Crippen molar-refractivity contribution in [1.29, 1.82) is 0 Å². The predicted octanol–water partition coefficient (Wildman–Crippen LogP) is 3.99. The van der Waals surface area contributed by atoms with Gasteiger partial charge in [-0.3, -0.25) is 15.0 Å². The molecular weight excluding hydrogens is 414 g/mol. The van der Waals surface area contributed by atoms with Gasteiger partial charge < -0.3 is 5.11 Å². The van der Waals surface area contributed by atoms with Crippen LogP contribution in [0.2, 0.25) is 0 Å². The molecule has 0 spiro atoms. The minimum absolute atomic E-state index is 0.0223. The molecule has 0 aliphatic heterocycles. The minimum Gasteiger partial charge on any atom is -0.380 e. The molecule has 0 fully saturated rings. The molecule has 168 valence electrons. The average molecular weight is 442 g/mol. The lowest BCUT2D eigenvalue weighted by atomic mass is 9.83. The molecule has 4 rings (SSSR count). The van der Waals surface area contributed by atoms with Crippen LogP contribution in [0.5, 0.6) is 0 Å². The highest BCUT2D eigenvalue weighted by Crippen LogP contribution is 2.33. The first kappa shape index (κ1) is 22.4. The summed E-state index contributed by atoms with van der Waals surface area (Å²) in [6.45, 7) is 5.31. The molecule has 2 N–H and O–H groups in total. The smallest absolute Gasteiger partial charge is 0.280 e. The number of fused-ring (bicyclic) bond motifs is 1. The first-order valence-corrected chi connectivity index (χ1v) is 10.9. The van der Waals surface area contributed by atoms with E-state index in [2.05, 4.69) is 5.43 Å². The van der Waals surface area contributed by atoms with Crippen LogP contribution >= 0.6 is 0 Å². The maximum atomic E-state index is 13.4. The van der Waals surface area contributed by atoms with Gasteiger partial charge in [-0.1, -0.05) is 93.6 Å². The molecule has 0 unspecified atom stereocenters. The number of para-hydroxylation sites is 1. The van der Waals surface area contributed by atoms with Crippen LogP contribution in [0.3, 0.4) is 0 Å². The van der Waals surface area contributed by atoms with E-state index in [9.17, 15) is 14.7 Å². The molecule has 1 amide bonds. The Balaban J connectivity index is 1.92. The Hall–Kier alpha value is -3.77. The fraction of sp³-hybridized carbons (Fsp3) is 0.222. The zero-order valence-electron chi connectivity index (χ0n) is 18.9. The van der Waals surface area contributed by atoms with E-state index in [0.29, 0.717) is 22.0 Å². The molecule has 6 nitrogen and oxygen atoms in total. The van der Waals surface area contributed by atoms with Crippen LogP contribution in [-0.4, -0.2) is 20.7 Å². The summed E-state index contributed by atoms with van der Waals surface area (Å²) in [5.41, 5.74) is 1.96. The zero-order valence-corrected chi connectivity index (χ0v) is 18.9. The van der Waals surface area contributed by atoms with E-state index < -0.39 is 16.6 Å². The molecule has 3 aromatic carbocycles. The molecule has 0 radical (unpaired) electrons. The predicted molar refractivity (Wildman–Crippen MR) is 129 cm³/mol. The Labute approximate surface area is 192 Å². The summed E-state index contributed by atoms with van der Waals surface area (Å²) >= 11 is 0. The molecule has 0 saturated carbocycles. The minimum atomic E-state index is -1.47. The van der Waals surface area contributed by atoms with Gasteiger partial charge in [0.2, 0.25) is 5.91 Å². The zero-order chi connectivity index (χ0) is 23.6. The highest BCUT2D eigenvalue weighted by molar-refractivity contribution is 5.89. The van der Waals surface area contributed by atoms with Crippen molar-refractivity contribution in [3.8, 4) is 0 Å². The van der Waals surface area contributed by atoms with Crippen LogP contribution < -0.4 is 11.0 Å². The fourth-order valence-electron chi connectivity index (χ4n) is 3.71. The number of nitrogens with zero attached hydrogens (tertiary/aromatic N) is 2. The van der Waals surface area contributed by atoms with E-state index in [1.54, 1.807) is 45.0 Å². The van der Waals surface area contributed by atoms with Gasteiger partial charge in [0.15, 0.2) is 0 Å². The van der Waals surface area contributed by atoms with E-state index >= 15 is 0 Å². The molecule has 0 aliphatic carbocycles. The first-order valence-electron chi connectivity index (χ1n) is 10.9. The Morgan fingerprint density at radius 2 is 1.39 bits per heavy atom. The number of benzene rings is 3. The summed E-state index contributed by atoms with van der Waals surface area (Å²) in [4.78, 5) is 30.9. The molecule has 0 saturated heterocycles. The van der Waals surface area contributed by atoms with Crippen molar-refractivity contribution in [2.24, 2.45) is 5.41 Å². The van der Waals surface area contributed by atoms with Crippen LogP contribution in [-0.2, 0) is 16.8 Å². The quantitative estimate of drug-likeness (QED) is 0.491. The van der Waals surface area contributed by atoms with Gasteiger partial charge in [0.25, 0.3) is 5.56 Å². The summed E-state index contributed by atoms with van der Waals surface area (Å²) in [6.07, 6.45) is -0.0223. The molecule has 0 bridgehead atoms. The highest BCUT2D eigenvalue weighted by atomic mass is 16.3. The van der Waals surface area contributed by atoms with Gasteiger partial charge in [-0.2, -0.15) is 0 Å². The van der Waals surface area contributed by atoms with Crippen molar-refractivity contribution >= 4 is 16.8 Å². The molecule has 0 atom stereocenters. The SMILES string of the molecule is CC(C)(C)C(=O)Nn1c(CC(O)(c2ccccc2)c2ccccc2)nc2ccccc2c1=O. The van der Waals surface area contributed by atoms with Gasteiger partial charge in [-0.05, 0) is 23.3 Å². The van der Waals surface area contributed by atoms with E-state index in [4.69, 9.17) is 4.98 Å². The Bertz CT molecular complexity index is 1300. The molecule has 1 aromatic heterocycles. The lowest BCUT2D eigenvalue weighted by Crippen LogP contribution is -2.43. The van der Waals surface area contributed by atoms with Crippen molar-refractivity contribution in [2.45, 2.75) is 32.8 Å². The summed E-state index contributed by atoms with van der Waals surface area (Å²) in [7, 11) is 0. The standard InChI is InChI=1S/C27H27N3O3/c1-26(2,3)25(32)29-30-23(28-22-17-11-10-16-21(22)24(30)31)18-27(33,19-12-6-4-7-13-19)20-14-8-5-9-15-20/h4-17,33H,18H2,1-3H3,(H,29,32). The number of rotatable bonds is 5. The third kappa shape index (κ3) is 4.43. The average Bonchev–Trinajstić information content (AvgIpc) is 2.82. The fourth-order valence-corrected chi connectivity index (χ4v) is 3.71. The summed E-state index contributed by atoms with van der Waals surface area (Å²) < 4.78 is 1.17. The van der Waals surface area contributed by atoms with E-state index in [-0.39, 0.29) is 18.2 Å². The Morgan fingerprint density at radius 3 is 1.94 bits per heavy atom. The monoisotopic (exact) mass is 441 g/mol. The van der Waals surface area contributed by atoms with E-state index in [0.717, 1.165) is 0 Å². The summed E-state index contributed by atoms with van der Waals surface area (Å²) in [5.74, 6) is -0.0719. The number of carbonyl (C=O) groups excluding carboxylic acids is 1. The van der Waals surface area contributed by atoms with Crippen LogP contribution in [0.25, 0.3) is 10.9 Å². The maximum absolute atomic E-state index is 13.4. The van der Waals surface area contributed by atoms with Crippen LogP contribution in [0.15, 0.2) is 89.7 Å².